The minimum Gasteiger partial charge on any atom is -0.486 e. The van der Waals surface area contributed by atoms with E-state index in [1.165, 1.54) is 0 Å². The molecule has 0 amide bonds. The molecule has 6 nitrogen and oxygen atoms in total. The number of anilines is 1. The first-order valence-electron chi connectivity index (χ1n) is 6.38. The molecule has 0 saturated heterocycles. The number of nitrogen functional groups attached to an aromatic ring is 1. The standard InChI is InChI=1S/C13H19N5O/c1-10(2)7-8-18-13(15-16-17-18)9-19-12-5-3-11(14)4-6-12/h3-6,10H,7-9,14H2,1-2H3. The molecule has 1 aromatic carbocycles. The molecule has 19 heavy (non-hydrogen) atoms. The summed E-state index contributed by atoms with van der Waals surface area (Å²) in [5.41, 5.74) is 6.33. The molecule has 2 N–H and O–H groups in total. The van der Waals surface area contributed by atoms with Gasteiger partial charge in [0.25, 0.3) is 0 Å². The van der Waals surface area contributed by atoms with E-state index in [-0.39, 0.29) is 0 Å². The number of aromatic nitrogens is 4. The third kappa shape index (κ3) is 3.94. The van der Waals surface area contributed by atoms with Crippen LogP contribution in [0, 0.1) is 5.92 Å². The molecule has 0 saturated carbocycles. The van der Waals surface area contributed by atoms with Crippen LogP contribution in [0.4, 0.5) is 5.69 Å². The fourth-order valence-electron chi connectivity index (χ4n) is 1.59. The summed E-state index contributed by atoms with van der Waals surface area (Å²) in [5.74, 6) is 2.11. The van der Waals surface area contributed by atoms with Gasteiger partial charge >= 0.3 is 0 Å². The van der Waals surface area contributed by atoms with Gasteiger partial charge in [0.2, 0.25) is 0 Å². The average Bonchev–Trinajstić information content (AvgIpc) is 2.83. The smallest absolute Gasteiger partial charge is 0.189 e. The summed E-state index contributed by atoms with van der Waals surface area (Å²) < 4.78 is 7.42. The molecule has 0 aliphatic carbocycles. The van der Waals surface area contributed by atoms with Gasteiger partial charge in [-0.1, -0.05) is 13.8 Å². The van der Waals surface area contributed by atoms with Gasteiger partial charge < -0.3 is 10.5 Å². The first-order valence-corrected chi connectivity index (χ1v) is 6.38. The molecule has 0 aliphatic heterocycles. The molecular formula is C13H19N5O. The number of nitrogens with zero attached hydrogens (tertiary/aromatic N) is 4. The van der Waals surface area contributed by atoms with Crippen LogP contribution < -0.4 is 10.5 Å². The molecule has 0 radical (unpaired) electrons. The van der Waals surface area contributed by atoms with Gasteiger partial charge in [-0.15, -0.1) is 5.10 Å². The number of aryl methyl sites for hydroxylation is 1. The van der Waals surface area contributed by atoms with Crippen molar-refractivity contribution >= 4 is 5.69 Å². The largest absolute Gasteiger partial charge is 0.486 e. The number of tetrazole rings is 1. The minimum absolute atomic E-state index is 0.356. The fourth-order valence-corrected chi connectivity index (χ4v) is 1.59. The maximum Gasteiger partial charge on any atom is 0.189 e. The van der Waals surface area contributed by atoms with Crippen molar-refractivity contribution in [2.24, 2.45) is 5.92 Å². The van der Waals surface area contributed by atoms with Crippen LogP contribution in [0.2, 0.25) is 0 Å². The van der Waals surface area contributed by atoms with Crippen molar-refractivity contribution in [1.29, 1.82) is 0 Å². The molecule has 0 fully saturated rings. The second-order valence-electron chi connectivity index (χ2n) is 4.86. The van der Waals surface area contributed by atoms with Crippen molar-refractivity contribution < 1.29 is 4.74 Å². The molecule has 0 spiro atoms. The molecular weight excluding hydrogens is 242 g/mol. The summed E-state index contributed by atoms with van der Waals surface area (Å²) in [5, 5.41) is 11.6. The van der Waals surface area contributed by atoms with E-state index in [1.54, 1.807) is 16.8 Å². The number of rotatable bonds is 6. The molecule has 0 bridgehead atoms. The quantitative estimate of drug-likeness (QED) is 0.803. The van der Waals surface area contributed by atoms with Crippen LogP contribution in [0.1, 0.15) is 26.1 Å². The number of hydrogen-bond donors (Lipinski definition) is 1. The first-order chi connectivity index (χ1) is 9.15. The summed E-state index contributed by atoms with van der Waals surface area (Å²) in [6.45, 7) is 5.52. The highest BCUT2D eigenvalue weighted by atomic mass is 16.5. The van der Waals surface area contributed by atoms with Crippen molar-refractivity contribution in [2.45, 2.75) is 33.4 Å². The van der Waals surface area contributed by atoms with Gasteiger partial charge in [0.05, 0.1) is 0 Å². The van der Waals surface area contributed by atoms with Crippen molar-refractivity contribution in [1.82, 2.24) is 20.2 Å². The van der Waals surface area contributed by atoms with E-state index in [0.29, 0.717) is 18.2 Å². The molecule has 0 unspecified atom stereocenters. The maximum absolute atomic E-state index is 5.63. The molecule has 2 rings (SSSR count). The highest BCUT2D eigenvalue weighted by Gasteiger charge is 2.07. The molecule has 0 aliphatic rings. The fraction of sp³-hybridized carbons (Fsp3) is 0.462. The van der Waals surface area contributed by atoms with E-state index in [2.05, 4.69) is 29.4 Å². The van der Waals surface area contributed by atoms with Crippen LogP contribution in [0.25, 0.3) is 0 Å². The summed E-state index contributed by atoms with van der Waals surface area (Å²) in [7, 11) is 0. The molecule has 6 heteroatoms. The Morgan fingerprint density at radius 3 is 2.68 bits per heavy atom. The number of nitrogens with two attached hydrogens (primary N) is 1. The van der Waals surface area contributed by atoms with E-state index in [9.17, 15) is 0 Å². The predicted octanol–water partition coefficient (Wildman–Crippen LogP) is 1.88. The second kappa shape index (κ2) is 6.17. The normalized spacial score (nSPS) is 10.9. The Labute approximate surface area is 112 Å². The minimum atomic E-state index is 0.356. The van der Waals surface area contributed by atoms with Crippen LogP contribution in [0.5, 0.6) is 5.75 Å². The average molecular weight is 261 g/mol. The van der Waals surface area contributed by atoms with E-state index in [1.807, 2.05) is 12.1 Å². The SMILES string of the molecule is CC(C)CCn1nnnc1COc1ccc(N)cc1. The van der Waals surface area contributed by atoms with Crippen molar-refractivity contribution in [3.63, 3.8) is 0 Å². The van der Waals surface area contributed by atoms with Crippen LogP contribution in [-0.4, -0.2) is 20.2 Å². The predicted molar refractivity (Wildman–Crippen MR) is 72.5 cm³/mol. The van der Waals surface area contributed by atoms with Gasteiger partial charge in [0.15, 0.2) is 5.82 Å². The Balaban J connectivity index is 1.92. The highest BCUT2D eigenvalue weighted by Crippen LogP contribution is 2.14. The summed E-state index contributed by atoms with van der Waals surface area (Å²) in [6, 6.07) is 7.27. The van der Waals surface area contributed by atoms with Crippen molar-refractivity contribution in [3.8, 4) is 5.75 Å². The number of hydrogen-bond acceptors (Lipinski definition) is 5. The van der Waals surface area contributed by atoms with Gasteiger partial charge in [0.1, 0.15) is 12.4 Å². The van der Waals surface area contributed by atoms with E-state index >= 15 is 0 Å². The zero-order valence-electron chi connectivity index (χ0n) is 11.3. The van der Waals surface area contributed by atoms with Gasteiger partial charge in [-0.05, 0) is 47.0 Å². The summed E-state index contributed by atoms with van der Waals surface area (Å²) in [4.78, 5) is 0. The summed E-state index contributed by atoms with van der Waals surface area (Å²) in [6.07, 6.45) is 1.04. The van der Waals surface area contributed by atoms with Crippen molar-refractivity contribution in [2.75, 3.05) is 5.73 Å². The number of ether oxygens (including phenoxy) is 1. The van der Waals surface area contributed by atoms with Crippen LogP contribution in [0.15, 0.2) is 24.3 Å². The lowest BCUT2D eigenvalue weighted by Crippen LogP contribution is -2.10. The molecule has 1 heterocycles. The Morgan fingerprint density at radius 2 is 2.00 bits per heavy atom. The van der Waals surface area contributed by atoms with Gasteiger partial charge in [0, 0.05) is 12.2 Å². The Kier molecular flexibility index (Phi) is 4.33. The van der Waals surface area contributed by atoms with E-state index in [4.69, 9.17) is 10.5 Å². The van der Waals surface area contributed by atoms with Gasteiger partial charge in [-0.2, -0.15) is 0 Å². The number of benzene rings is 1. The van der Waals surface area contributed by atoms with Crippen LogP contribution in [-0.2, 0) is 13.2 Å². The lowest BCUT2D eigenvalue weighted by atomic mass is 10.1. The van der Waals surface area contributed by atoms with Crippen LogP contribution >= 0.6 is 0 Å². The van der Waals surface area contributed by atoms with Gasteiger partial charge in [-0.25, -0.2) is 4.68 Å². The zero-order valence-corrected chi connectivity index (χ0v) is 11.3. The maximum atomic E-state index is 5.63. The lowest BCUT2D eigenvalue weighted by molar-refractivity contribution is 0.284. The molecule has 1 aromatic heterocycles. The van der Waals surface area contributed by atoms with E-state index in [0.717, 1.165) is 24.5 Å². The second-order valence-corrected chi connectivity index (χ2v) is 4.86. The Hall–Kier alpha value is -2.11. The topological polar surface area (TPSA) is 78.8 Å². The Morgan fingerprint density at radius 1 is 1.26 bits per heavy atom. The lowest BCUT2D eigenvalue weighted by Gasteiger charge is -2.08. The molecule has 0 atom stereocenters. The van der Waals surface area contributed by atoms with Gasteiger partial charge in [-0.3, -0.25) is 0 Å². The Bertz CT molecular complexity index is 506. The third-order valence-corrected chi connectivity index (χ3v) is 2.77. The monoisotopic (exact) mass is 261 g/mol. The first kappa shape index (κ1) is 13.3. The highest BCUT2D eigenvalue weighted by molar-refractivity contribution is 5.41. The molecule has 2 aromatic rings. The third-order valence-electron chi connectivity index (χ3n) is 2.77. The molecule has 102 valence electrons. The summed E-state index contributed by atoms with van der Waals surface area (Å²) >= 11 is 0. The zero-order chi connectivity index (χ0) is 13.7. The van der Waals surface area contributed by atoms with Crippen LogP contribution in [0.3, 0.4) is 0 Å². The van der Waals surface area contributed by atoms with Crippen molar-refractivity contribution in [3.05, 3.63) is 30.1 Å². The van der Waals surface area contributed by atoms with E-state index < -0.39 is 0 Å².